The van der Waals surface area contributed by atoms with E-state index < -0.39 is 0 Å². The van der Waals surface area contributed by atoms with Crippen molar-refractivity contribution < 1.29 is 4.74 Å². The van der Waals surface area contributed by atoms with Crippen LogP contribution in [0.3, 0.4) is 0 Å². The lowest BCUT2D eigenvalue weighted by atomic mass is 9.82. The number of hydrogen-bond donors (Lipinski definition) is 1. The summed E-state index contributed by atoms with van der Waals surface area (Å²) in [5, 5.41) is 3.58. The van der Waals surface area contributed by atoms with Crippen LogP contribution in [0.1, 0.15) is 30.9 Å². The van der Waals surface area contributed by atoms with Crippen molar-refractivity contribution in [3.63, 3.8) is 0 Å². The molecule has 1 saturated heterocycles. The molecule has 0 aliphatic carbocycles. The summed E-state index contributed by atoms with van der Waals surface area (Å²) in [6.07, 6.45) is 2.33. The van der Waals surface area contributed by atoms with E-state index in [-0.39, 0.29) is 0 Å². The van der Waals surface area contributed by atoms with Gasteiger partial charge in [-0.3, -0.25) is 0 Å². The first-order chi connectivity index (χ1) is 8.59. The first kappa shape index (κ1) is 14.0. The minimum atomic E-state index is 0.403. The van der Waals surface area contributed by atoms with E-state index in [1.54, 1.807) is 0 Å². The predicted octanol–water partition coefficient (Wildman–Crippen LogP) is 3.66. The second-order valence-corrected chi connectivity index (χ2v) is 6.46. The third-order valence-electron chi connectivity index (χ3n) is 3.82. The number of aryl methyl sites for hydroxylation is 1. The maximum atomic E-state index is 5.42. The van der Waals surface area contributed by atoms with Crippen molar-refractivity contribution in [3.05, 3.63) is 33.8 Å². The van der Waals surface area contributed by atoms with Gasteiger partial charge in [-0.25, -0.2) is 0 Å². The van der Waals surface area contributed by atoms with Crippen LogP contribution in [0.25, 0.3) is 0 Å². The standard InChI is InChI=1S/C15H22BrNO/c1-12-3-4-13(9-14(12)16)10-17-11-15(2)5-7-18-8-6-15/h3-4,9,17H,5-8,10-11H2,1-2H3. The molecule has 2 nitrogen and oxygen atoms in total. The number of rotatable bonds is 4. The highest BCUT2D eigenvalue weighted by Gasteiger charge is 2.26. The van der Waals surface area contributed by atoms with E-state index in [1.165, 1.54) is 15.6 Å². The second kappa shape index (κ2) is 6.18. The molecule has 0 bridgehead atoms. The molecule has 1 aromatic rings. The van der Waals surface area contributed by atoms with Crippen molar-refractivity contribution in [3.8, 4) is 0 Å². The molecular weight excluding hydrogens is 290 g/mol. The summed E-state index contributed by atoms with van der Waals surface area (Å²) in [6.45, 7) is 8.30. The molecule has 1 aromatic carbocycles. The Balaban J connectivity index is 1.82. The van der Waals surface area contributed by atoms with Gasteiger partial charge in [0.1, 0.15) is 0 Å². The fourth-order valence-corrected chi connectivity index (χ4v) is 2.72. The first-order valence-corrected chi connectivity index (χ1v) is 7.42. The van der Waals surface area contributed by atoms with Crippen LogP contribution < -0.4 is 5.32 Å². The third kappa shape index (κ3) is 3.81. The van der Waals surface area contributed by atoms with Crippen molar-refractivity contribution >= 4 is 15.9 Å². The molecule has 0 atom stereocenters. The largest absolute Gasteiger partial charge is 0.381 e. The van der Waals surface area contributed by atoms with E-state index in [0.717, 1.165) is 39.1 Å². The zero-order chi connectivity index (χ0) is 13.0. The van der Waals surface area contributed by atoms with Gasteiger partial charge < -0.3 is 10.1 Å². The number of nitrogens with one attached hydrogen (secondary N) is 1. The lowest BCUT2D eigenvalue weighted by molar-refractivity contribution is 0.0240. The van der Waals surface area contributed by atoms with E-state index in [9.17, 15) is 0 Å². The van der Waals surface area contributed by atoms with Crippen molar-refractivity contribution in [2.45, 2.75) is 33.2 Å². The quantitative estimate of drug-likeness (QED) is 0.916. The van der Waals surface area contributed by atoms with Crippen molar-refractivity contribution in [2.75, 3.05) is 19.8 Å². The monoisotopic (exact) mass is 311 g/mol. The van der Waals surface area contributed by atoms with Gasteiger partial charge >= 0.3 is 0 Å². The Hall–Kier alpha value is -0.380. The van der Waals surface area contributed by atoms with Crippen LogP contribution in [0, 0.1) is 12.3 Å². The maximum absolute atomic E-state index is 5.42. The molecule has 0 radical (unpaired) electrons. The average Bonchev–Trinajstić information content (AvgIpc) is 2.34. The predicted molar refractivity (Wildman–Crippen MR) is 78.7 cm³/mol. The number of halogens is 1. The van der Waals surface area contributed by atoms with Crippen molar-refractivity contribution in [1.29, 1.82) is 0 Å². The molecule has 100 valence electrons. The van der Waals surface area contributed by atoms with Crippen LogP contribution in [0.5, 0.6) is 0 Å². The van der Waals surface area contributed by atoms with E-state index in [2.05, 4.69) is 53.3 Å². The van der Waals surface area contributed by atoms with Gasteiger partial charge in [-0.2, -0.15) is 0 Å². The van der Waals surface area contributed by atoms with E-state index in [1.807, 2.05) is 0 Å². The minimum Gasteiger partial charge on any atom is -0.381 e. The second-order valence-electron chi connectivity index (χ2n) is 5.61. The smallest absolute Gasteiger partial charge is 0.0471 e. The first-order valence-electron chi connectivity index (χ1n) is 6.63. The van der Waals surface area contributed by atoms with Gasteiger partial charge in [0.05, 0.1) is 0 Å². The average molecular weight is 312 g/mol. The van der Waals surface area contributed by atoms with Crippen LogP contribution in [0.4, 0.5) is 0 Å². The summed E-state index contributed by atoms with van der Waals surface area (Å²) in [7, 11) is 0. The lowest BCUT2D eigenvalue weighted by Gasteiger charge is -2.33. The van der Waals surface area contributed by atoms with Crippen molar-refractivity contribution in [1.82, 2.24) is 5.32 Å². The van der Waals surface area contributed by atoms with Crippen molar-refractivity contribution in [2.24, 2.45) is 5.41 Å². The summed E-state index contributed by atoms with van der Waals surface area (Å²) in [6, 6.07) is 6.56. The lowest BCUT2D eigenvalue weighted by Crippen LogP contribution is -2.36. The summed E-state index contributed by atoms with van der Waals surface area (Å²) >= 11 is 3.58. The highest BCUT2D eigenvalue weighted by atomic mass is 79.9. The van der Waals surface area contributed by atoms with Crippen LogP contribution in [-0.2, 0) is 11.3 Å². The Bertz CT molecular complexity index is 399. The molecule has 3 heteroatoms. The Labute approximate surface area is 118 Å². The molecule has 0 unspecified atom stereocenters. The molecule has 1 heterocycles. The normalized spacial score (nSPS) is 18.8. The number of hydrogen-bond acceptors (Lipinski definition) is 2. The minimum absolute atomic E-state index is 0.403. The number of ether oxygens (including phenoxy) is 1. The topological polar surface area (TPSA) is 21.3 Å². The summed E-state index contributed by atoms with van der Waals surface area (Å²) < 4.78 is 6.62. The maximum Gasteiger partial charge on any atom is 0.0471 e. The molecule has 1 N–H and O–H groups in total. The summed E-state index contributed by atoms with van der Waals surface area (Å²) in [5.41, 5.74) is 3.03. The van der Waals surface area contributed by atoms with Crippen LogP contribution in [-0.4, -0.2) is 19.8 Å². The van der Waals surface area contributed by atoms with Gasteiger partial charge in [0, 0.05) is 30.8 Å². The van der Waals surface area contributed by atoms with E-state index in [0.29, 0.717) is 5.41 Å². The number of benzene rings is 1. The molecule has 1 fully saturated rings. The van der Waals surface area contributed by atoms with Gasteiger partial charge in [0.2, 0.25) is 0 Å². The third-order valence-corrected chi connectivity index (χ3v) is 4.67. The Morgan fingerprint density at radius 1 is 1.33 bits per heavy atom. The fourth-order valence-electron chi connectivity index (χ4n) is 2.30. The summed E-state index contributed by atoms with van der Waals surface area (Å²) in [4.78, 5) is 0. The molecule has 0 saturated carbocycles. The Morgan fingerprint density at radius 3 is 2.72 bits per heavy atom. The Morgan fingerprint density at radius 2 is 2.06 bits per heavy atom. The molecule has 2 rings (SSSR count). The highest BCUT2D eigenvalue weighted by Crippen LogP contribution is 2.28. The molecule has 1 aliphatic rings. The highest BCUT2D eigenvalue weighted by molar-refractivity contribution is 9.10. The fraction of sp³-hybridized carbons (Fsp3) is 0.600. The van der Waals surface area contributed by atoms with E-state index >= 15 is 0 Å². The SMILES string of the molecule is Cc1ccc(CNCC2(C)CCOCC2)cc1Br. The van der Waals surface area contributed by atoms with Gasteiger partial charge in [0.25, 0.3) is 0 Å². The Kier molecular flexibility index (Phi) is 4.82. The molecule has 0 aromatic heterocycles. The summed E-state index contributed by atoms with van der Waals surface area (Å²) in [5.74, 6) is 0. The van der Waals surface area contributed by atoms with Crippen LogP contribution in [0.15, 0.2) is 22.7 Å². The van der Waals surface area contributed by atoms with E-state index in [4.69, 9.17) is 4.74 Å². The van der Waals surface area contributed by atoms with Gasteiger partial charge in [0.15, 0.2) is 0 Å². The molecule has 0 amide bonds. The van der Waals surface area contributed by atoms with Crippen LogP contribution >= 0.6 is 15.9 Å². The van der Waals surface area contributed by atoms with Gasteiger partial charge in [-0.1, -0.05) is 35.0 Å². The van der Waals surface area contributed by atoms with Gasteiger partial charge in [-0.15, -0.1) is 0 Å². The zero-order valence-electron chi connectivity index (χ0n) is 11.3. The molecule has 1 aliphatic heterocycles. The van der Waals surface area contributed by atoms with Crippen LogP contribution in [0.2, 0.25) is 0 Å². The molecular formula is C15H22BrNO. The molecule has 0 spiro atoms. The molecule has 18 heavy (non-hydrogen) atoms. The zero-order valence-corrected chi connectivity index (χ0v) is 12.8. The van der Waals surface area contributed by atoms with Gasteiger partial charge in [-0.05, 0) is 42.4 Å².